The zero-order chi connectivity index (χ0) is 18.5. The SMILES string of the molecule is O=C(OC[C@H](O)CO)C1CCCCC1NC1CCNC2CC(Cl)CCC21. The zero-order valence-corrected chi connectivity index (χ0v) is 16.2. The second-order valence-electron chi connectivity index (χ2n) is 8.16. The third-order valence-electron chi connectivity index (χ3n) is 6.34. The van der Waals surface area contributed by atoms with E-state index in [4.69, 9.17) is 21.4 Å². The molecule has 0 radical (unpaired) electrons. The van der Waals surface area contributed by atoms with Crippen molar-refractivity contribution in [1.82, 2.24) is 10.6 Å². The molecule has 3 fully saturated rings. The van der Waals surface area contributed by atoms with Crippen molar-refractivity contribution in [2.24, 2.45) is 11.8 Å². The van der Waals surface area contributed by atoms with Gasteiger partial charge in [-0.05, 0) is 51.0 Å². The largest absolute Gasteiger partial charge is 0.463 e. The minimum Gasteiger partial charge on any atom is -0.463 e. The predicted molar refractivity (Wildman–Crippen MR) is 100 cm³/mol. The van der Waals surface area contributed by atoms with E-state index in [1.165, 1.54) is 0 Å². The summed E-state index contributed by atoms with van der Waals surface area (Å²) in [6.45, 7) is 0.472. The van der Waals surface area contributed by atoms with Crippen molar-refractivity contribution in [2.45, 2.75) is 81.0 Å². The number of esters is 1. The van der Waals surface area contributed by atoms with Crippen molar-refractivity contribution in [3.8, 4) is 0 Å². The third-order valence-corrected chi connectivity index (χ3v) is 6.74. The summed E-state index contributed by atoms with van der Waals surface area (Å²) in [4.78, 5) is 12.5. The van der Waals surface area contributed by atoms with Gasteiger partial charge in [0.05, 0.1) is 12.5 Å². The third kappa shape index (κ3) is 5.10. The molecule has 1 aliphatic heterocycles. The van der Waals surface area contributed by atoms with Gasteiger partial charge in [-0.1, -0.05) is 12.8 Å². The number of piperidine rings is 1. The Morgan fingerprint density at radius 2 is 2.00 bits per heavy atom. The van der Waals surface area contributed by atoms with Gasteiger partial charge in [-0.2, -0.15) is 0 Å². The molecule has 6 nitrogen and oxygen atoms in total. The second kappa shape index (κ2) is 9.69. The molecule has 1 saturated heterocycles. The zero-order valence-electron chi connectivity index (χ0n) is 15.4. The number of ether oxygens (including phenoxy) is 1. The van der Waals surface area contributed by atoms with E-state index in [0.29, 0.717) is 18.0 Å². The van der Waals surface area contributed by atoms with Gasteiger partial charge in [-0.25, -0.2) is 0 Å². The van der Waals surface area contributed by atoms with Gasteiger partial charge < -0.3 is 25.6 Å². The summed E-state index contributed by atoms with van der Waals surface area (Å²) in [6.07, 6.45) is 7.29. The fraction of sp³-hybridized carbons (Fsp3) is 0.947. The lowest BCUT2D eigenvalue weighted by Crippen LogP contribution is -2.59. The number of hydrogen-bond acceptors (Lipinski definition) is 6. The first-order chi connectivity index (χ1) is 12.6. The molecule has 0 amide bonds. The highest BCUT2D eigenvalue weighted by molar-refractivity contribution is 6.20. The number of rotatable bonds is 6. The van der Waals surface area contributed by atoms with Crippen LogP contribution in [0.4, 0.5) is 0 Å². The lowest BCUT2D eigenvalue weighted by molar-refractivity contribution is -0.154. The molecule has 7 heteroatoms. The number of aliphatic hydroxyl groups excluding tert-OH is 2. The molecule has 0 aromatic carbocycles. The van der Waals surface area contributed by atoms with Crippen LogP contribution in [0.3, 0.4) is 0 Å². The molecular weight excluding hydrogens is 356 g/mol. The van der Waals surface area contributed by atoms with Crippen molar-refractivity contribution in [2.75, 3.05) is 19.8 Å². The molecule has 2 saturated carbocycles. The Kier molecular flexibility index (Phi) is 7.58. The fourth-order valence-corrected chi connectivity index (χ4v) is 5.25. The van der Waals surface area contributed by atoms with E-state index in [1.54, 1.807) is 0 Å². The first-order valence-corrected chi connectivity index (χ1v) is 10.6. The maximum atomic E-state index is 12.5. The summed E-state index contributed by atoms with van der Waals surface area (Å²) >= 11 is 6.35. The lowest BCUT2D eigenvalue weighted by Gasteiger charge is -2.46. The number of alkyl halides is 1. The van der Waals surface area contributed by atoms with Gasteiger partial charge in [-0.15, -0.1) is 11.6 Å². The van der Waals surface area contributed by atoms with E-state index in [0.717, 1.165) is 57.9 Å². The van der Waals surface area contributed by atoms with Gasteiger partial charge in [0.15, 0.2) is 0 Å². The van der Waals surface area contributed by atoms with Crippen molar-refractivity contribution >= 4 is 17.6 Å². The first kappa shape index (κ1) is 20.3. The van der Waals surface area contributed by atoms with Crippen molar-refractivity contribution in [1.29, 1.82) is 0 Å². The Labute approximate surface area is 161 Å². The van der Waals surface area contributed by atoms with Gasteiger partial charge in [0.25, 0.3) is 0 Å². The maximum absolute atomic E-state index is 12.5. The highest BCUT2D eigenvalue weighted by atomic mass is 35.5. The van der Waals surface area contributed by atoms with Crippen molar-refractivity contribution in [3.05, 3.63) is 0 Å². The van der Waals surface area contributed by atoms with Gasteiger partial charge in [0, 0.05) is 23.5 Å². The molecule has 2 aliphatic carbocycles. The highest BCUT2D eigenvalue weighted by Crippen LogP contribution is 2.35. The van der Waals surface area contributed by atoms with E-state index >= 15 is 0 Å². The molecule has 0 aromatic heterocycles. The monoisotopic (exact) mass is 388 g/mol. The Hall–Kier alpha value is -0.400. The predicted octanol–water partition coefficient (Wildman–Crippen LogP) is 1.17. The number of aliphatic hydroxyl groups is 2. The van der Waals surface area contributed by atoms with Crippen molar-refractivity contribution in [3.63, 3.8) is 0 Å². The van der Waals surface area contributed by atoms with Crippen LogP contribution in [-0.2, 0) is 9.53 Å². The van der Waals surface area contributed by atoms with Crippen LogP contribution in [-0.4, -0.2) is 65.5 Å². The molecule has 4 N–H and O–H groups in total. The highest BCUT2D eigenvalue weighted by Gasteiger charge is 2.40. The number of nitrogens with one attached hydrogen (secondary N) is 2. The van der Waals surface area contributed by atoms with Crippen LogP contribution in [0.5, 0.6) is 0 Å². The van der Waals surface area contributed by atoms with E-state index in [2.05, 4.69) is 10.6 Å². The van der Waals surface area contributed by atoms with Gasteiger partial charge in [-0.3, -0.25) is 4.79 Å². The average Bonchev–Trinajstić information content (AvgIpc) is 2.66. The molecular formula is C19H33ClN2O4. The number of carbonyl (C=O) groups is 1. The standard InChI is InChI=1S/C19H33ClN2O4/c20-12-5-6-14-17(7-8-21-18(14)9-12)22-16-4-2-1-3-15(16)19(25)26-11-13(24)10-23/h12-18,21-24H,1-11H2/t12?,13-,14?,15?,16?,17?,18?/m1/s1. The quantitative estimate of drug-likeness (QED) is 0.403. The number of hydrogen-bond donors (Lipinski definition) is 4. The maximum Gasteiger partial charge on any atom is 0.310 e. The van der Waals surface area contributed by atoms with Gasteiger partial charge in [0.1, 0.15) is 12.7 Å². The first-order valence-electron chi connectivity index (χ1n) is 10.2. The molecule has 3 rings (SSSR count). The summed E-state index contributed by atoms with van der Waals surface area (Å²) in [5.41, 5.74) is 0. The molecule has 6 unspecified atom stereocenters. The summed E-state index contributed by atoms with van der Waals surface area (Å²) in [5.74, 6) is 0.172. The molecule has 0 bridgehead atoms. The van der Waals surface area contributed by atoms with Crippen LogP contribution in [0.25, 0.3) is 0 Å². The van der Waals surface area contributed by atoms with Crippen LogP contribution < -0.4 is 10.6 Å². The normalized spacial score (nSPS) is 39.0. The van der Waals surface area contributed by atoms with Crippen molar-refractivity contribution < 1.29 is 19.7 Å². The Morgan fingerprint density at radius 1 is 1.19 bits per heavy atom. The topological polar surface area (TPSA) is 90.8 Å². The van der Waals surface area contributed by atoms with Gasteiger partial charge >= 0.3 is 5.97 Å². The minimum absolute atomic E-state index is 0.131. The number of halogens is 1. The van der Waals surface area contributed by atoms with E-state index in [-0.39, 0.29) is 36.5 Å². The summed E-state index contributed by atoms with van der Waals surface area (Å²) < 4.78 is 5.26. The Balaban J connectivity index is 1.58. The lowest BCUT2D eigenvalue weighted by atomic mass is 9.75. The summed E-state index contributed by atoms with van der Waals surface area (Å²) in [6, 6.07) is 1.04. The molecule has 150 valence electrons. The molecule has 7 atom stereocenters. The molecule has 26 heavy (non-hydrogen) atoms. The van der Waals surface area contributed by atoms with Gasteiger partial charge in [0.2, 0.25) is 0 Å². The van der Waals surface area contributed by atoms with Crippen LogP contribution >= 0.6 is 11.6 Å². The number of carbonyl (C=O) groups excluding carboxylic acids is 1. The van der Waals surface area contributed by atoms with Crippen LogP contribution in [0.2, 0.25) is 0 Å². The van der Waals surface area contributed by atoms with E-state index < -0.39 is 6.10 Å². The molecule has 3 aliphatic rings. The van der Waals surface area contributed by atoms with Crippen LogP contribution in [0.1, 0.15) is 51.4 Å². The minimum atomic E-state index is -0.995. The molecule has 1 heterocycles. The summed E-state index contributed by atoms with van der Waals surface area (Å²) in [5, 5.41) is 26.0. The average molecular weight is 389 g/mol. The Morgan fingerprint density at radius 3 is 2.81 bits per heavy atom. The van der Waals surface area contributed by atoms with E-state index in [1.807, 2.05) is 0 Å². The summed E-state index contributed by atoms with van der Waals surface area (Å²) in [7, 11) is 0. The smallest absolute Gasteiger partial charge is 0.310 e. The van der Waals surface area contributed by atoms with Crippen LogP contribution in [0.15, 0.2) is 0 Å². The fourth-order valence-electron chi connectivity index (χ4n) is 4.93. The molecule has 0 spiro atoms. The number of fused-ring (bicyclic) bond motifs is 1. The van der Waals surface area contributed by atoms with Crippen LogP contribution in [0, 0.1) is 11.8 Å². The molecule has 0 aromatic rings. The second-order valence-corrected chi connectivity index (χ2v) is 8.78. The Bertz CT molecular complexity index is 467. The van der Waals surface area contributed by atoms with E-state index in [9.17, 15) is 9.90 Å².